The molecule has 0 saturated heterocycles. The lowest BCUT2D eigenvalue weighted by molar-refractivity contribution is -0.114. The minimum Gasteiger partial charge on any atom is -0.689 e. The quantitative estimate of drug-likeness (QED) is 0.708. The largest absolute Gasteiger partial charge is 0.689 e. The monoisotopic (exact) mass is 413 g/mol. The zero-order chi connectivity index (χ0) is 21.9. The van der Waals surface area contributed by atoms with E-state index in [-0.39, 0.29) is 5.76 Å². The maximum atomic E-state index is 14.1. The molecule has 0 aromatic heterocycles. The van der Waals surface area contributed by atoms with Crippen LogP contribution in [0.1, 0.15) is 6.92 Å². The number of hydrogen-bond donors (Lipinski definition) is 0. The molecule has 0 amide bonds. The third kappa shape index (κ3) is 4.17. The zero-order valence-electron chi connectivity index (χ0n) is 16.9. The summed E-state index contributed by atoms with van der Waals surface area (Å²) in [6, 6.07) is 17.1. The lowest BCUT2D eigenvalue weighted by atomic mass is 9.41. The lowest BCUT2D eigenvalue weighted by Crippen LogP contribution is -2.62. The van der Waals surface area contributed by atoms with Gasteiger partial charge in [0.05, 0.1) is 11.3 Å². The minimum atomic E-state index is -4.83. The summed E-state index contributed by atoms with van der Waals surface area (Å²) in [7, 11) is 3.44. The predicted molar refractivity (Wildman–Crippen MR) is 113 cm³/mol. The van der Waals surface area contributed by atoms with E-state index in [9.17, 15) is 18.0 Å². The molecule has 0 radical (unpaired) electrons. The number of alkyl halides is 3. The summed E-state index contributed by atoms with van der Waals surface area (Å²) in [5.74, 6) is -0.929. The Morgan fingerprint density at radius 1 is 1.00 bits per heavy atom. The van der Waals surface area contributed by atoms with E-state index in [1.165, 1.54) is 12.3 Å². The van der Waals surface area contributed by atoms with Crippen LogP contribution in [0.25, 0.3) is 0 Å². The zero-order valence-corrected chi connectivity index (χ0v) is 16.9. The van der Waals surface area contributed by atoms with Crippen molar-refractivity contribution in [1.29, 1.82) is 0 Å². The molecule has 8 heteroatoms. The molecule has 0 bridgehead atoms. The first kappa shape index (κ1) is 21.4. The minimum absolute atomic E-state index is 0.161. The van der Waals surface area contributed by atoms with Gasteiger partial charge in [0, 0.05) is 20.3 Å². The van der Waals surface area contributed by atoms with Gasteiger partial charge in [0.25, 0.3) is 0 Å². The third-order valence-corrected chi connectivity index (χ3v) is 4.74. The highest BCUT2D eigenvalue weighted by Crippen LogP contribution is 2.32. The summed E-state index contributed by atoms with van der Waals surface area (Å²) >= 11 is 0. The fourth-order valence-electron chi connectivity index (χ4n) is 3.43. The molecule has 3 rings (SSSR count). The van der Waals surface area contributed by atoms with Crippen molar-refractivity contribution in [3.05, 3.63) is 84.3 Å². The van der Waals surface area contributed by atoms with Crippen molar-refractivity contribution in [2.24, 2.45) is 4.90 Å². The molecule has 0 saturated carbocycles. The van der Waals surface area contributed by atoms with Crippen LogP contribution in [0.3, 0.4) is 0 Å². The van der Waals surface area contributed by atoms with Crippen LogP contribution in [0.2, 0.25) is 0 Å². The van der Waals surface area contributed by atoms with Gasteiger partial charge in [-0.15, -0.1) is 10.9 Å². The molecule has 1 aliphatic heterocycles. The molecule has 0 atom stereocenters. The Labute approximate surface area is 173 Å². The lowest BCUT2D eigenvalue weighted by Gasteiger charge is -2.45. The topological polar surface area (TPSA) is 41.9 Å². The van der Waals surface area contributed by atoms with E-state index in [4.69, 9.17) is 4.65 Å². The van der Waals surface area contributed by atoms with Crippen molar-refractivity contribution in [3.8, 4) is 0 Å². The Hall–Kier alpha value is -3.29. The first-order valence-electron chi connectivity index (χ1n) is 9.37. The van der Waals surface area contributed by atoms with Crippen molar-refractivity contribution in [1.82, 2.24) is 4.90 Å². The van der Waals surface area contributed by atoms with Crippen molar-refractivity contribution < 1.29 is 22.6 Å². The second-order valence-corrected chi connectivity index (χ2v) is 7.23. The summed E-state index contributed by atoms with van der Waals surface area (Å²) in [6.07, 6.45) is -1.92. The second-order valence-electron chi connectivity index (χ2n) is 7.23. The molecule has 2 aromatic rings. The van der Waals surface area contributed by atoms with Crippen LogP contribution in [-0.2, 0) is 9.45 Å². The van der Waals surface area contributed by atoms with Gasteiger partial charge in [-0.2, -0.15) is 13.2 Å². The molecule has 0 unspecified atom stereocenters. The van der Waals surface area contributed by atoms with Gasteiger partial charge in [-0.1, -0.05) is 60.7 Å². The van der Waals surface area contributed by atoms with Crippen molar-refractivity contribution in [2.45, 2.75) is 13.1 Å². The van der Waals surface area contributed by atoms with Gasteiger partial charge in [0.1, 0.15) is 5.71 Å². The first-order valence-corrected chi connectivity index (χ1v) is 9.37. The number of benzene rings is 2. The number of nitrogens with zero attached hydrogens (tertiary/aromatic N) is 2. The Kier molecular flexibility index (Phi) is 5.87. The van der Waals surface area contributed by atoms with E-state index in [0.717, 1.165) is 6.92 Å². The summed E-state index contributed by atoms with van der Waals surface area (Å²) in [6.45, 7) is -1.59. The summed E-state index contributed by atoms with van der Waals surface area (Å²) in [5.41, 5.74) is -0.857. The predicted octanol–water partition coefficient (Wildman–Crippen LogP) is 3.19. The Bertz CT molecular complexity index is 974. The van der Waals surface area contributed by atoms with E-state index in [2.05, 4.69) is 4.90 Å². The molecular weight excluding hydrogens is 392 g/mol. The molecule has 1 heterocycles. The SMILES string of the molecule is CC(=O)C1=C(C=CN(C)C)O[B-](c2ccccc2)(c2ccccc2)N=C1C(F)(F)F. The number of allylic oxidation sites excluding steroid dienone is 2. The van der Waals surface area contributed by atoms with Gasteiger partial charge in [-0.3, -0.25) is 4.79 Å². The van der Waals surface area contributed by atoms with Crippen LogP contribution < -0.4 is 10.9 Å². The van der Waals surface area contributed by atoms with E-state index in [1.807, 2.05) is 0 Å². The van der Waals surface area contributed by atoms with Crippen molar-refractivity contribution in [2.75, 3.05) is 14.1 Å². The number of hydrogen-bond acceptors (Lipinski definition) is 4. The van der Waals surface area contributed by atoms with E-state index < -0.39 is 29.7 Å². The number of carbonyl (C=O) groups excluding carboxylic acids is 1. The number of Topliss-reactive ketones (excluding diaryl/α,β-unsaturated/α-hetero) is 1. The molecule has 1 aliphatic rings. The Morgan fingerprint density at radius 2 is 1.50 bits per heavy atom. The highest BCUT2D eigenvalue weighted by atomic mass is 19.4. The molecule has 2 aromatic carbocycles. The maximum Gasteiger partial charge on any atom is 0.430 e. The van der Waals surface area contributed by atoms with E-state index >= 15 is 0 Å². The molecule has 0 N–H and O–H groups in total. The maximum absolute atomic E-state index is 14.1. The second kappa shape index (κ2) is 8.22. The van der Waals surface area contributed by atoms with E-state index in [0.29, 0.717) is 10.9 Å². The Morgan fingerprint density at radius 3 is 1.90 bits per heavy atom. The number of carbonyl (C=O) groups is 1. The van der Waals surface area contributed by atoms with Crippen molar-refractivity contribution in [3.63, 3.8) is 0 Å². The fraction of sp³-hybridized carbons (Fsp3) is 0.182. The number of rotatable bonds is 5. The summed E-state index contributed by atoms with van der Waals surface area (Å²) in [4.78, 5) is 18.0. The number of ketones is 1. The van der Waals surface area contributed by atoms with Crippen LogP contribution in [0.5, 0.6) is 0 Å². The molecule has 0 aliphatic carbocycles. The van der Waals surface area contributed by atoms with Crippen LogP contribution >= 0.6 is 0 Å². The van der Waals surface area contributed by atoms with Crippen molar-refractivity contribution >= 4 is 28.9 Å². The molecular formula is C22H21BF3N2O2-. The van der Waals surface area contributed by atoms with Gasteiger partial charge >= 0.3 is 12.7 Å². The first-order chi connectivity index (χ1) is 14.1. The molecule has 0 fully saturated rings. The van der Waals surface area contributed by atoms with Crippen LogP contribution in [0, 0.1) is 0 Å². The van der Waals surface area contributed by atoms with Crippen LogP contribution in [-0.4, -0.2) is 43.2 Å². The van der Waals surface area contributed by atoms with Gasteiger partial charge in [0.15, 0.2) is 5.78 Å². The standard InChI is InChI=1S/C22H21BF3N2O2/c1-16(29)20-19(14-15-28(2)3)30-23(17-10-6-4-7-11-17,18-12-8-5-9-13-18)27-21(20)22(24,25)26/h4-15H,1-3H3/q-1. The molecule has 0 spiro atoms. The normalized spacial score (nSPS) is 16.3. The van der Waals surface area contributed by atoms with Gasteiger partial charge in [-0.25, -0.2) is 0 Å². The average Bonchev–Trinajstić information content (AvgIpc) is 2.72. The number of halogens is 3. The van der Waals surface area contributed by atoms with Crippen LogP contribution in [0.4, 0.5) is 13.2 Å². The van der Waals surface area contributed by atoms with E-state index in [1.54, 1.807) is 79.7 Å². The summed E-state index contributed by atoms with van der Waals surface area (Å²) in [5, 5.41) is 0. The highest BCUT2D eigenvalue weighted by molar-refractivity contribution is 6.97. The average molecular weight is 413 g/mol. The van der Waals surface area contributed by atoms with Crippen LogP contribution in [0.15, 0.2) is 89.2 Å². The smallest absolute Gasteiger partial charge is 0.430 e. The summed E-state index contributed by atoms with van der Waals surface area (Å²) < 4.78 is 48.5. The molecule has 30 heavy (non-hydrogen) atoms. The molecule has 156 valence electrons. The molecule has 4 nitrogen and oxygen atoms in total. The van der Waals surface area contributed by atoms with Gasteiger partial charge in [-0.05, 0) is 13.0 Å². The highest BCUT2D eigenvalue weighted by Gasteiger charge is 2.46. The van der Waals surface area contributed by atoms with Gasteiger partial charge < -0.3 is 14.5 Å². The van der Waals surface area contributed by atoms with Gasteiger partial charge in [0.2, 0.25) is 0 Å². The Balaban J connectivity index is 2.37. The third-order valence-electron chi connectivity index (χ3n) is 4.74. The fourth-order valence-corrected chi connectivity index (χ4v) is 3.43.